The first-order chi connectivity index (χ1) is 13.2. The Morgan fingerprint density at radius 2 is 2.18 bits per heavy atom. The number of aldehydes is 1. The van der Waals surface area contributed by atoms with E-state index in [2.05, 4.69) is 9.97 Å². The van der Waals surface area contributed by atoms with Crippen molar-refractivity contribution in [1.82, 2.24) is 14.9 Å². The number of aromatic nitrogens is 2. The fourth-order valence-corrected chi connectivity index (χ4v) is 3.48. The number of hydrogen-bond donors (Lipinski definition) is 1. The molecule has 0 amide bonds. The van der Waals surface area contributed by atoms with Gasteiger partial charge in [-0.1, -0.05) is 0 Å². The smallest absolute Gasteiger partial charge is 0.422 e. The lowest BCUT2D eigenvalue weighted by Crippen LogP contribution is -2.27. The highest BCUT2D eigenvalue weighted by molar-refractivity contribution is 5.65. The van der Waals surface area contributed by atoms with Crippen molar-refractivity contribution in [2.45, 2.75) is 45.2 Å². The Balaban J connectivity index is 1.83. The lowest BCUT2D eigenvalue weighted by molar-refractivity contribution is -0.154. The van der Waals surface area contributed by atoms with Crippen molar-refractivity contribution < 1.29 is 22.7 Å². The van der Waals surface area contributed by atoms with E-state index in [0.29, 0.717) is 12.1 Å². The molecular weight excluding hydrogens is 373 g/mol. The van der Waals surface area contributed by atoms with E-state index in [-0.39, 0.29) is 18.5 Å². The fourth-order valence-electron chi connectivity index (χ4n) is 3.48. The largest absolute Gasteiger partial charge is 0.468 e. The molecule has 150 valence electrons. The molecule has 0 bridgehead atoms. The third kappa shape index (κ3) is 4.00. The molecule has 2 atom stereocenters. The molecule has 3 rings (SSSR count). The Bertz CT molecular complexity index is 873. The van der Waals surface area contributed by atoms with E-state index in [1.54, 1.807) is 19.2 Å². The highest BCUT2D eigenvalue weighted by Crippen LogP contribution is 2.39. The number of halogens is 3. The van der Waals surface area contributed by atoms with Crippen LogP contribution in [-0.4, -0.2) is 33.9 Å². The molecule has 0 saturated heterocycles. The number of pyridine rings is 2. The number of fused-ring (bicyclic) bond motifs is 1. The predicted octanol–water partition coefficient (Wildman–Crippen LogP) is 3.00. The highest BCUT2D eigenvalue weighted by atomic mass is 19.4. The van der Waals surface area contributed by atoms with Crippen molar-refractivity contribution in [2.75, 3.05) is 6.61 Å². The molecule has 1 aliphatic rings. The Labute approximate surface area is 160 Å². The summed E-state index contributed by atoms with van der Waals surface area (Å²) in [7, 11) is 0. The number of aryl methyl sites for hydroxylation is 1. The topological polar surface area (TPSA) is 81.3 Å². The molecule has 0 fully saturated rings. The number of ether oxygens (including phenoxy) is 1. The van der Waals surface area contributed by atoms with E-state index in [9.17, 15) is 18.0 Å². The number of alkyl halides is 3. The average molecular weight is 394 g/mol. The lowest BCUT2D eigenvalue weighted by atomic mass is 10.0. The summed E-state index contributed by atoms with van der Waals surface area (Å²) in [4.78, 5) is 22.1. The summed E-state index contributed by atoms with van der Waals surface area (Å²) in [5.41, 5.74) is 9.62. The van der Waals surface area contributed by atoms with Crippen molar-refractivity contribution in [2.24, 2.45) is 5.73 Å². The van der Waals surface area contributed by atoms with Crippen LogP contribution in [0, 0.1) is 6.92 Å². The number of rotatable bonds is 6. The molecule has 2 unspecified atom stereocenters. The maximum absolute atomic E-state index is 12.4. The summed E-state index contributed by atoms with van der Waals surface area (Å²) in [5.74, 6) is -0.0560. The quantitative estimate of drug-likeness (QED) is 0.759. The van der Waals surface area contributed by atoms with Gasteiger partial charge in [0.15, 0.2) is 6.61 Å². The molecule has 1 aliphatic heterocycles. The first-order valence-electron chi connectivity index (χ1n) is 8.79. The van der Waals surface area contributed by atoms with E-state index < -0.39 is 18.8 Å². The highest BCUT2D eigenvalue weighted by Gasteiger charge is 2.35. The molecule has 6 nitrogen and oxygen atoms in total. The first-order valence-corrected chi connectivity index (χ1v) is 8.79. The average Bonchev–Trinajstić information content (AvgIpc) is 3.04. The van der Waals surface area contributed by atoms with Crippen LogP contribution in [0.15, 0.2) is 24.5 Å². The van der Waals surface area contributed by atoms with Gasteiger partial charge in [-0.3, -0.25) is 9.88 Å². The van der Waals surface area contributed by atoms with Crippen molar-refractivity contribution >= 4 is 6.29 Å². The van der Waals surface area contributed by atoms with Crippen LogP contribution in [0.3, 0.4) is 0 Å². The van der Waals surface area contributed by atoms with Crippen LogP contribution in [0.25, 0.3) is 0 Å². The van der Waals surface area contributed by atoms with E-state index >= 15 is 0 Å². The summed E-state index contributed by atoms with van der Waals surface area (Å²) >= 11 is 0. The zero-order valence-corrected chi connectivity index (χ0v) is 15.5. The summed E-state index contributed by atoms with van der Waals surface area (Å²) in [6, 6.07) is 2.91. The van der Waals surface area contributed by atoms with Gasteiger partial charge in [0.05, 0.1) is 11.7 Å². The molecule has 9 heteroatoms. The maximum atomic E-state index is 12.4. The zero-order valence-electron chi connectivity index (χ0n) is 15.5. The monoisotopic (exact) mass is 394 g/mol. The molecule has 0 aromatic carbocycles. The zero-order chi connectivity index (χ0) is 20.5. The van der Waals surface area contributed by atoms with Crippen LogP contribution in [0.5, 0.6) is 5.88 Å². The summed E-state index contributed by atoms with van der Waals surface area (Å²) in [6.07, 6.45) is -0.419. The third-order valence-corrected chi connectivity index (χ3v) is 4.92. The number of carbonyl (C=O) groups excluding carboxylic acids is 1. The molecule has 0 spiro atoms. The molecule has 0 radical (unpaired) electrons. The second-order valence-electron chi connectivity index (χ2n) is 6.75. The molecule has 0 saturated carbocycles. The number of nitrogens with zero attached hydrogens (tertiary/aromatic N) is 3. The van der Waals surface area contributed by atoms with E-state index in [4.69, 9.17) is 10.5 Å². The minimum atomic E-state index is -4.42. The molecular formula is C19H21F3N4O2. The van der Waals surface area contributed by atoms with Gasteiger partial charge in [-0.05, 0) is 42.7 Å². The minimum absolute atomic E-state index is 0.0560. The second kappa shape index (κ2) is 7.84. The van der Waals surface area contributed by atoms with Crippen molar-refractivity contribution in [3.63, 3.8) is 0 Å². The molecule has 2 aromatic rings. The van der Waals surface area contributed by atoms with Gasteiger partial charge in [-0.2, -0.15) is 13.2 Å². The Hall–Kier alpha value is -2.52. The van der Waals surface area contributed by atoms with Gasteiger partial charge < -0.3 is 15.3 Å². The SMILES string of the molecule is Cc1cc(C(C)N2Cc3c(ccnc3CN)C2C=O)cnc1OCC(F)(F)F. The molecule has 2 aromatic heterocycles. The first kappa shape index (κ1) is 20.2. The van der Waals surface area contributed by atoms with Gasteiger partial charge >= 0.3 is 6.18 Å². The molecule has 28 heavy (non-hydrogen) atoms. The van der Waals surface area contributed by atoms with Gasteiger partial charge in [-0.25, -0.2) is 4.98 Å². The molecule has 0 aliphatic carbocycles. The minimum Gasteiger partial charge on any atom is -0.468 e. The van der Waals surface area contributed by atoms with Crippen molar-refractivity contribution in [3.05, 3.63) is 52.5 Å². The van der Waals surface area contributed by atoms with Gasteiger partial charge in [0.2, 0.25) is 5.88 Å². The van der Waals surface area contributed by atoms with E-state index in [0.717, 1.165) is 28.7 Å². The third-order valence-electron chi connectivity index (χ3n) is 4.92. The maximum Gasteiger partial charge on any atom is 0.422 e. The van der Waals surface area contributed by atoms with Gasteiger partial charge in [-0.15, -0.1) is 0 Å². The number of nitrogens with two attached hydrogens (primary N) is 1. The van der Waals surface area contributed by atoms with E-state index in [1.807, 2.05) is 17.9 Å². The van der Waals surface area contributed by atoms with Gasteiger partial charge in [0.25, 0.3) is 0 Å². The van der Waals surface area contributed by atoms with Crippen LogP contribution < -0.4 is 10.5 Å². The van der Waals surface area contributed by atoms with Crippen LogP contribution in [0.1, 0.15) is 47.0 Å². The summed E-state index contributed by atoms with van der Waals surface area (Å²) in [5, 5.41) is 0. The second-order valence-corrected chi connectivity index (χ2v) is 6.75. The fraction of sp³-hybridized carbons (Fsp3) is 0.421. The van der Waals surface area contributed by atoms with E-state index in [1.165, 1.54) is 6.20 Å². The van der Waals surface area contributed by atoms with Crippen molar-refractivity contribution in [1.29, 1.82) is 0 Å². The van der Waals surface area contributed by atoms with Gasteiger partial charge in [0.1, 0.15) is 6.29 Å². The number of hydrogen-bond acceptors (Lipinski definition) is 6. The number of carbonyl (C=O) groups is 1. The van der Waals surface area contributed by atoms with Gasteiger partial charge in [0, 0.05) is 37.1 Å². The van der Waals surface area contributed by atoms with Crippen LogP contribution in [0.2, 0.25) is 0 Å². The lowest BCUT2D eigenvalue weighted by Gasteiger charge is -2.28. The molecule has 3 heterocycles. The Morgan fingerprint density at radius 1 is 1.43 bits per heavy atom. The van der Waals surface area contributed by atoms with Crippen LogP contribution >= 0.6 is 0 Å². The molecule has 2 N–H and O–H groups in total. The summed E-state index contributed by atoms with van der Waals surface area (Å²) in [6.45, 7) is 2.96. The Morgan fingerprint density at radius 3 is 2.79 bits per heavy atom. The van der Waals surface area contributed by atoms with Crippen LogP contribution in [0.4, 0.5) is 13.2 Å². The normalized spacial score (nSPS) is 18.0. The Kier molecular flexibility index (Phi) is 5.66. The van der Waals surface area contributed by atoms with Crippen molar-refractivity contribution in [3.8, 4) is 5.88 Å². The van der Waals surface area contributed by atoms with Crippen LogP contribution in [-0.2, 0) is 17.9 Å². The summed E-state index contributed by atoms with van der Waals surface area (Å²) < 4.78 is 41.8. The standard InChI is InChI=1S/C19H21F3N4O2/c1-11-5-13(7-25-18(11)28-10-19(20,21)22)12(2)26-8-15-14(17(26)9-27)3-4-24-16(15)6-23/h3-5,7,9,12,17H,6,8,10,23H2,1-2H3. The predicted molar refractivity (Wildman–Crippen MR) is 95.4 cm³/mol.